The van der Waals surface area contributed by atoms with Crippen molar-refractivity contribution in [3.05, 3.63) is 12.4 Å². The minimum absolute atomic E-state index is 0.0618. The van der Waals surface area contributed by atoms with E-state index in [1.807, 2.05) is 25.0 Å². The molecule has 1 aliphatic carbocycles. The zero-order chi connectivity index (χ0) is 19.7. The van der Waals surface area contributed by atoms with Crippen LogP contribution in [0, 0.1) is 5.41 Å². The minimum Gasteiger partial charge on any atom is -0.378 e. The molecule has 3 rings (SSSR count). The number of hydrogen-bond acceptors (Lipinski definition) is 4. The summed E-state index contributed by atoms with van der Waals surface area (Å²) in [6.07, 6.45) is 7.36. The maximum atomic E-state index is 5.76. The normalized spacial score (nSPS) is 30.7. The van der Waals surface area contributed by atoms with Gasteiger partial charge in [0.1, 0.15) is 0 Å². The molecule has 0 bridgehead atoms. The summed E-state index contributed by atoms with van der Waals surface area (Å²) in [5, 5.41) is 11.6. The highest BCUT2D eigenvalue weighted by Crippen LogP contribution is 2.51. The van der Waals surface area contributed by atoms with Crippen LogP contribution in [0.15, 0.2) is 17.4 Å². The van der Waals surface area contributed by atoms with Gasteiger partial charge in [0.15, 0.2) is 5.96 Å². The molecular formula is C20H36N6O. The van der Waals surface area contributed by atoms with Crippen molar-refractivity contribution in [2.45, 2.75) is 64.6 Å². The molecule has 2 fully saturated rings. The maximum absolute atomic E-state index is 5.76. The van der Waals surface area contributed by atoms with Crippen molar-refractivity contribution in [2.75, 3.05) is 31.6 Å². The second-order valence-electron chi connectivity index (χ2n) is 8.68. The quantitative estimate of drug-likeness (QED) is 0.609. The van der Waals surface area contributed by atoms with Gasteiger partial charge in [-0.3, -0.25) is 9.67 Å². The van der Waals surface area contributed by atoms with Crippen LogP contribution in [0.2, 0.25) is 0 Å². The lowest BCUT2D eigenvalue weighted by atomic mass is 9.56. The smallest absolute Gasteiger partial charge is 0.191 e. The molecule has 152 valence electrons. The van der Waals surface area contributed by atoms with Crippen LogP contribution >= 0.6 is 0 Å². The van der Waals surface area contributed by atoms with Crippen LogP contribution in [0.1, 0.15) is 47.0 Å². The van der Waals surface area contributed by atoms with Crippen molar-refractivity contribution >= 4 is 11.6 Å². The Kier molecular flexibility index (Phi) is 5.70. The van der Waals surface area contributed by atoms with Gasteiger partial charge in [-0.15, -0.1) is 0 Å². The third-order valence-corrected chi connectivity index (χ3v) is 6.72. The zero-order valence-electron chi connectivity index (χ0n) is 17.7. The van der Waals surface area contributed by atoms with E-state index >= 15 is 0 Å². The molecule has 1 saturated heterocycles. The highest BCUT2D eigenvalue weighted by Gasteiger charge is 2.58. The maximum Gasteiger partial charge on any atom is 0.191 e. The first-order chi connectivity index (χ1) is 12.8. The third-order valence-electron chi connectivity index (χ3n) is 6.72. The standard InChI is InChI=1S/C20H36N6O/c1-7-21-18(24-17-11-20(4,27-6)19(17,2)3)23-15-9-8-10-26(13-15)16-12-22-25(5)14-16/h12,14-15,17H,7-11,13H2,1-6H3,(H2,21,23,24). The van der Waals surface area contributed by atoms with Gasteiger partial charge in [0, 0.05) is 57.5 Å². The Hall–Kier alpha value is -1.76. The highest BCUT2D eigenvalue weighted by atomic mass is 16.5. The summed E-state index contributed by atoms with van der Waals surface area (Å²) in [6, 6.07) is 0.743. The Morgan fingerprint density at radius 3 is 2.74 bits per heavy atom. The first-order valence-electron chi connectivity index (χ1n) is 10.2. The van der Waals surface area contributed by atoms with Gasteiger partial charge >= 0.3 is 0 Å². The number of hydrogen-bond donors (Lipinski definition) is 2. The predicted octanol–water partition coefficient (Wildman–Crippen LogP) is 2.15. The van der Waals surface area contributed by atoms with E-state index in [9.17, 15) is 0 Å². The van der Waals surface area contributed by atoms with E-state index in [1.165, 1.54) is 12.1 Å². The van der Waals surface area contributed by atoms with Gasteiger partial charge in [-0.05, 0) is 33.1 Å². The van der Waals surface area contributed by atoms with E-state index in [1.54, 1.807) is 0 Å². The number of aliphatic imine (C=N–C) groups is 1. The number of aromatic nitrogens is 2. The van der Waals surface area contributed by atoms with Crippen LogP contribution in [0.3, 0.4) is 0 Å². The second-order valence-corrected chi connectivity index (χ2v) is 8.68. The fourth-order valence-corrected chi connectivity index (χ4v) is 4.27. The molecule has 3 unspecified atom stereocenters. The first kappa shape index (κ1) is 20.0. The lowest BCUT2D eigenvalue weighted by Gasteiger charge is -2.59. The van der Waals surface area contributed by atoms with Gasteiger partial charge in [0.2, 0.25) is 0 Å². The Morgan fingerprint density at radius 2 is 2.15 bits per heavy atom. The highest BCUT2D eigenvalue weighted by molar-refractivity contribution is 5.81. The number of nitrogens with zero attached hydrogens (tertiary/aromatic N) is 4. The molecule has 2 heterocycles. The number of piperidine rings is 1. The van der Waals surface area contributed by atoms with Gasteiger partial charge in [-0.2, -0.15) is 5.10 Å². The molecule has 1 aromatic heterocycles. The fourth-order valence-electron chi connectivity index (χ4n) is 4.27. The summed E-state index contributed by atoms with van der Waals surface area (Å²) >= 11 is 0. The summed E-state index contributed by atoms with van der Waals surface area (Å²) < 4.78 is 7.63. The average Bonchev–Trinajstić information content (AvgIpc) is 3.08. The number of nitrogens with one attached hydrogen (secondary N) is 2. The summed E-state index contributed by atoms with van der Waals surface area (Å²) in [5.41, 5.74) is 1.18. The Bertz CT molecular complexity index is 669. The van der Waals surface area contributed by atoms with E-state index in [4.69, 9.17) is 9.73 Å². The lowest BCUT2D eigenvalue weighted by molar-refractivity contribution is -0.176. The van der Waals surface area contributed by atoms with Crippen molar-refractivity contribution < 1.29 is 4.74 Å². The topological polar surface area (TPSA) is 66.7 Å². The van der Waals surface area contributed by atoms with E-state index in [-0.39, 0.29) is 11.0 Å². The zero-order valence-corrected chi connectivity index (χ0v) is 17.7. The summed E-state index contributed by atoms with van der Waals surface area (Å²) in [6.45, 7) is 11.6. The van der Waals surface area contributed by atoms with E-state index in [0.717, 1.165) is 38.4 Å². The van der Waals surface area contributed by atoms with Crippen LogP contribution in [0.5, 0.6) is 0 Å². The van der Waals surface area contributed by atoms with Gasteiger partial charge in [-0.25, -0.2) is 0 Å². The van der Waals surface area contributed by atoms with E-state index < -0.39 is 0 Å². The van der Waals surface area contributed by atoms with Crippen molar-refractivity contribution in [3.8, 4) is 0 Å². The number of ether oxygens (including phenoxy) is 1. The van der Waals surface area contributed by atoms with Crippen molar-refractivity contribution in [2.24, 2.45) is 17.5 Å². The van der Waals surface area contributed by atoms with Gasteiger partial charge in [0.25, 0.3) is 0 Å². The van der Waals surface area contributed by atoms with Crippen LogP contribution < -0.4 is 15.5 Å². The molecule has 0 aromatic carbocycles. The Balaban J connectivity index is 1.61. The average molecular weight is 377 g/mol. The molecule has 1 aromatic rings. The Labute approximate surface area is 163 Å². The molecule has 1 saturated carbocycles. The molecule has 3 atom stereocenters. The molecule has 27 heavy (non-hydrogen) atoms. The first-order valence-corrected chi connectivity index (χ1v) is 10.2. The predicted molar refractivity (Wildman–Crippen MR) is 110 cm³/mol. The Morgan fingerprint density at radius 1 is 1.37 bits per heavy atom. The van der Waals surface area contributed by atoms with Crippen molar-refractivity contribution in [1.29, 1.82) is 0 Å². The van der Waals surface area contributed by atoms with Crippen LogP contribution in [-0.2, 0) is 11.8 Å². The minimum atomic E-state index is -0.0794. The lowest BCUT2D eigenvalue weighted by Crippen LogP contribution is -2.70. The van der Waals surface area contributed by atoms with Crippen LogP contribution in [0.25, 0.3) is 0 Å². The molecule has 0 spiro atoms. The van der Waals surface area contributed by atoms with Crippen LogP contribution in [-0.4, -0.2) is 60.2 Å². The molecular weight excluding hydrogens is 340 g/mol. The van der Waals surface area contributed by atoms with E-state index in [2.05, 4.69) is 54.5 Å². The van der Waals surface area contributed by atoms with E-state index in [0.29, 0.717) is 12.1 Å². The SMILES string of the molecule is CCN=C(NC1CCCN(c2cnn(C)c2)C1)NC1CC(C)(OC)C1(C)C. The van der Waals surface area contributed by atoms with Crippen LogP contribution in [0.4, 0.5) is 5.69 Å². The molecule has 1 aliphatic heterocycles. The molecule has 7 nitrogen and oxygen atoms in total. The van der Waals surface area contributed by atoms with Gasteiger partial charge in [-0.1, -0.05) is 13.8 Å². The number of aryl methyl sites for hydroxylation is 1. The summed E-state index contributed by atoms with van der Waals surface area (Å²) in [5.74, 6) is 0.923. The third kappa shape index (κ3) is 3.93. The molecule has 0 amide bonds. The second kappa shape index (κ2) is 7.70. The summed E-state index contributed by atoms with van der Waals surface area (Å²) in [7, 11) is 3.78. The number of rotatable bonds is 5. The largest absolute Gasteiger partial charge is 0.378 e. The number of methoxy groups -OCH3 is 1. The number of anilines is 1. The van der Waals surface area contributed by atoms with Gasteiger partial charge in [0.05, 0.1) is 17.5 Å². The molecule has 0 radical (unpaired) electrons. The van der Waals surface area contributed by atoms with Crippen molar-refractivity contribution in [3.63, 3.8) is 0 Å². The molecule has 2 aliphatic rings. The molecule has 2 N–H and O–H groups in total. The van der Waals surface area contributed by atoms with Gasteiger partial charge < -0.3 is 20.3 Å². The molecule has 7 heteroatoms. The number of guanidine groups is 1. The fraction of sp³-hybridized carbons (Fsp3) is 0.800. The monoisotopic (exact) mass is 376 g/mol. The summed E-state index contributed by atoms with van der Waals surface area (Å²) in [4.78, 5) is 7.11. The van der Waals surface area contributed by atoms with Crippen molar-refractivity contribution in [1.82, 2.24) is 20.4 Å².